The number of Topliss-reactive ketones (excluding diaryl/α,β-unsaturated/α-hetero) is 1. The van der Waals surface area contributed by atoms with Crippen molar-refractivity contribution in [2.24, 2.45) is 0 Å². The van der Waals surface area contributed by atoms with Crippen LogP contribution in [0, 0.1) is 19.7 Å². The van der Waals surface area contributed by atoms with Crippen LogP contribution in [0.15, 0.2) is 75.9 Å². The summed E-state index contributed by atoms with van der Waals surface area (Å²) < 4.78 is 24.6. The van der Waals surface area contributed by atoms with Gasteiger partial charge in [0.05, 0.1) is 5.39 Å². The Balaban J connectivity index is 1.70. The van der Waals surface area contributed by atoms with E-state index in [1.807, 2.05) is 50.2 Å². The molecular weight excluding hydrogens is 395 g/mol. The number of carbonyl (C=O) groups is 1. The molecule has 156 valence electrons. The predicted molar refractivity (Wildman–Crippen MR) is 117 cm³/mol. The zero-order chi connectivity index (χ0) is 22.0. The van der Waals surface area contributed by atoms with Gasteiger partial charge >= 0.3 is 5.63 Å². The number of halogens is 1. The highest BCUT2D eigenvalue weighted by molar-refractivity contribution is 5.97. The second kappa shape index (κ2) is 8.56. The molecule has 4 nitrogen and oxygen atoms in total. The average molecular weight is 416 g/mol. The molecule has 0 amide bonds. The van der Waals surface area contributed by atoms with Crippen LogP contribution in [0.3, 0.4) is 0 Å². The highest BCUT2D eigenvalue weighted by Crippen LogP contribution is 2.31. The van der Waals surface area contributed by atoms with Crippen molar-refractivity contribution in [3.05, 3.63) is 111 Å². The number of rotatable bonds is 6. The quantitative estimate of drug-likeness (QED) is 0.312. The molecule has 3 aromatic carbocycles. The van der Waals surface area contributed by atoms with E-state index in [1.165, 1.54) is 24.3 Å². The molecule has 0 radical (unpaired) electrons. The monoisotopic (exact) mass is 416 g/mol. The van der Waals surface area contributed by atoms with Gasteiger partial charge in [-0.15, -0.1) is 0 Å². The summed E-state index contributed by atoms with van der Waals surface area (Å²) in [4.78, 5) is 25.1. The summed E-state index contributed by atoms with van der Waals surface area (Å²) in [5.74, 6) is -0.200. The third kappa shape index (κ3) is 4.40. The number of hydrogen-bond donors (Lipinski definition) is 0. The minimum absolute atomic E-state index is 0.212. The van der Waals surface area contributed by atoms with Crippen molar-refractivity contribution in [1.29, 1.82) is 0 Å². The molecule has 0 fully saturated rings. The largest absolute Gasteiger partial charge is 0.485 e. The van der Waals surface area contributed by atoms with Gasteiger partial charge in [-0.2, -0.15) is 0 Å². The number of benzene rings is 3. The highest BCUT2D eigenvalue weighted by Gasteiger charge is 2.17. The fourth-order valence-corrected chi connectivity index (χ4v) is 3.62. The molecule has 0 aliphatic carbocycles. The maximum Gasteiger partial charge on any atom is 0.340 e. The van der Waals surface area contributed by atoms with E-state index in [9.17, 15) is 14.0 Å². The number of aryl methyl sites for hydroxylation is 2. The van der Waals surface area contributed by atoms with Gasteiger partial charge in [-0.1, -0.05) is 30.3 Å². The number of fused-ring (bicyclic) bond motifs is 1. The summed E-state index contributed by atoms with van der Waals surface area (Å²) in [5, 5.41) is 0.669. The van der Waals surface area contributed by atoms with E-state index in [0.29, 0.717) is 34.3 Å². The van der Waals surface area contributed by atoms with Crippen LogP contribution < -0.4 is 10.4 Å². The third-order valence-corrected chi connectivity index (χ3v) is 5.24. The zero-order valence-corrected chi connectivity index (χ0v) is 17.3. The lowest BCUT2D eigenvalue weighted by Gasteiger charge is -2.14. The number of carbonyl (C=O) groups excluding carboxylic acids is 1. The minimum atomic E-state index is -0.404. The first-order chi connectivity index (χ1) is 14.9. The molecule has 0 N–H and O–H groups in total. The normalized spacial score (nSPS) is 10.9. The van der Waals surface area contributed by atoms with Crippen molar-refractivity contribution in [3.8, 4) is 5.75 Å². The zero-order valence-electron chi connectivity index (χ0n) is 17.3. The van der Waals surface area contributed by atoms with Crippen molar-refractivity contribution >= 4 is 16.8 Å². The maximum atomic E-state index is 13.1. The smallest absolute Gasteiger partial charge is 0.340 e. The van der Waals surface area contributed by atoms with Crippen LogP contribution in [0.2, 0.25) is 0 Å². The molecule has 0 saturated carbocycles. The van der Waals surface area contributed by atoms with Crippen molar-refractivity contribution in [2.75, 3.05) is 6.61 Å². The van der Waals surface area contributed by atoms with E-state index in [4.69, 9.17) is 9.15 Å². The fraction of sp³-hybridized carbons (Fsp3) is 0.154. The molecule has 0 bridgehead atoms. The van der Waals surface area contributed by atoms with Gasteiger partial charge in [0.25, 0.3) is 0 Å². The van der Waals surface area contributed by atoms with Crippen LogP contribution >= 0.6 is 0 Å². The molecule has 5 heteroatoms. The van der Waals surface area contributed by atoms with E-state index < -0.39 is 5.82 Å². The fourth-order valence-electron chi connectivity index (χ4n) is 3.62. The van der Waals surface area contributed by atoms with Crippen LogP contribution in [-0.4, -0.2) is 12.4 Å². The SMILES string of the molecule is Cc1cc(OCC(=O)c2ccc(F)cc2)c2c(C)c(Cc3ccccc3)c(=O)oc2c1. The summed E-state index contributed by atoms with van der Waals surface area (Å²) in [6.45, 7) is 3.51. The molecule has 1 heterocycles. The number of ketones is 1. The molecule has 4 rings (SSSR count). The van der Waals surface area contributed by atoms with Crippen molar-refractivity contribution < 1.29 is 18.3 Å². The van der Waals surface area contributed by atoms with Gasteiger partial charge < -0.3 is 9.15 Å². The maximum absolute atomic E-state index is 13.1. The summed E-state index contributed by atoms with van der Waals surface area (Å²) in [6.07, 6.45) is 0.437. The molecule has 0 aliphatic heterocycles. The van der Waals surface area contributed by atoms with Crippen molar-refractivity contribution in [1.82, 2.24) is 0 Å². The Morgan fingerprint density at radius 2 is 1.71 bits per heavy atom. The number of ether oxygens (including phenoxy) is 1. The number of hydrogen-bond acceptors (Lipinski definition) is 4. The molecule has 0 spiro atoms. The van der Waals surface area contributed by atoms with Crippen LogP contribution in [0.1, 0.15) is 32.6 Å². The minimum Gasteiger partial charge on any atom is -0.485 e. The van der Waals surface area contributed by atoms with E-state index >= 15 is 0 Å². The van der Waals surface area contributed by atoms with Gasteiger partial charge in [-0.3, -0.25) is 4.79 Å². The van der Waals surface area contributed by atoms with Gasteiger partial charge in [0.2, 0.25) is 0 Å². The predicted octanol–water partition coefficient (Wildman–Crippen LogP) is 5.40. The Labute approximate surface area is 178 Å². The topological polar surface area (TPSA) is 56.5 Å². The molecule has 31 heavy (non-hydrogen) atoms. The Morgan fingerprint density at radius 1 is 1.00 bits per heavy atom. The van der Waals surface area contributed by atoms with E-state index in [2.05, 4.69) is 0 Å². The van der Waals surface area contributed by atoms with Gasteiger partial charge in [0, 0.05) is 17.5 Å². The first-order valence-electron chi connectivity index (χ1n) is 9.95. The molecule has 1 aromatic heterocycles. The lowest BCUT2D eigenvalue weighted by Crippen LogP contribution is -2.14. The Kier molecular flexibility index (Phi) is 5.67. The Hall–Kier alpha value is -3.73. The van der Waals surface area contributed by atoms with Crippen LogP contribution in [-0.2, 0) is 6.42 Å². The molecule has 0 unspecified atom stereocenters. The van der Waals surface area contributed by atoms with Gasteiger partial charge in [-0.25, -0.2) is 9.18 Å². The van der Waals surface area contributed by atoms with Crippen molar-refractivity contribution in [3.63, 3.8) is 0 Å². The summed E-state index contributed by atoms with van der Waals surface area (Å²) >= 11 is 0. The summed E-state index contributed by atoms with van der Waals surface area (Å²) in [5.41, 5.74) is 3.56. The molecule has 0 saturated heterocycles. The standard InChI is InChI=1S/C26H21FO4/c1-16-12-23(30-15-22(28)19-8-10-20(27)11-9-19)25-17(2)21(26(29)31-24(25)13-16)14-18-6-4-3-5-7-18/h3-13H,14-15H2,1-2H3. The molecule has 0 aliphatic rings. The second-order valence-electron chi connectivity index (χ2n) is 7.51. The Morgan fingerprint density at radius 3 is 2.42 bits per heavy atom. The van der Waals surface area contributed by atoms with Gasteiger partial charge in [0.15, 0.2) is 12.4 Å². The lowest BCUT2D eigenvalue weighted by molar-refractivity contribution is 0.0922. The summed E-state index contributed by atoms with van der Waals surface area (Å²) in [7, 11) is 0. The average Bonchev–Trinajstić information content (AvgIpc) is 2.75. The van der Waals surface area contributed by atoms with Crippen molar-refractivity contribution in [2.45, 2.75) is 20.3 Å². The van der Waals surface area contributed by atoms with Gasteiger partial charge in [0.1, 0.15) is 17.1 Å². The van der Waals surface area contributed by atoms with Crippen LogP contribution in [0.25, 0.3) is 11.0 Å². The molecular formula is C26H21FO4. The Bertz CT molecular complexity index is 1310. The van der Waals surface area contributed by atoms with Gasteiger partial charge in [-0.05, 0) is 66.9 Å². The molecule has 4 aromatic rings. The van der Waals surface area contributed by atoms with E-state index in [-0.39, 0.29) is 18.0 Å². The van der Waals surface area contributed by atoms with Crippen LogP contribution in [0.4, 0.5) is 4.39 Å². The van der Waals surface area contributed by atoms with Crippen LogP contribution in [0.5, 0.6) is 5.75 Å². The second-order valence-corrected chi connectivity index (χ2v) is 7.51. The first kappa shape index (κ1) is 20.5. The first-order valence-corrected chi connectivity index (χ1v) is 9.95. The third-order valence-electron chi connectivity index (χ3n) is 5.24. The van der Waals surface area contributed by atoms with E-state index in [0.717, 1.165) is 16.7 Å². The summed E-state index contributed by atoms with van der Waals surface area (Å²) in [6, 6.07) is 18.6. The molecule has 0 atom stereocenters. The van der Waals surface area contributed by atoms with E-state index in [1.54, 1.807) is 6.07 Å². The lowest BCUT2D eigenvalue weighted by atomic mass is 9.98. The highest BCUT2D eigenvalue weighted by atomic mass is 19.1.